The van der Waals surface area contributed by atoms with Crippen LogP contribution in [0.5, 0.6) is 0 Å². The smallest absolute Gasteiger partial charge is 0.302 e. The lowest BCUT2D eigenvalue weighted by Crippen LogP contribution is -2.12. The molecule has 0 bridgehead atoms. The first-order chi connectivity index (χ1) is 14.5. The van der Waals surface area contributed by atoms with Crippen molar-refractivity contribution in [3.8, 4) is 9.88 Å². The van der Waals surface area contributed by atoms with Crippen molar-refractivity contribution in [1.82, 2.24) is 19.6 Å². The third-order valence-corrected chi connectivity index (χ3v) is 7.77. The molecule has 0 saturated heterocycles. The van der Waals surface area contributed by atoms with Crippen LogP contribution in [0.2, 0.25) is 0 Å². The molecule has 3 heterocycles. The third kappa shape index (κ3) is 4.83. The molecule has 12 heteroatoms. The molecule has 30 heavy (non-hydrogen) atoms. The minimum atomic E-state index is -0.286. The second-order valence-electron chi connectivity index (χ2n) is 6.03. The second kappa shape index (κ2) is 9.16. The first-order valence-corrected chi connectivity index (χ1v) is 12.2. The highest BCUT2D eigenvalue weighted by atomic mass is 32.2. The predicted molar refractivity (Wildman–Crippen MR) is 121 cm³/mol. The van der Waals surface area contributed by atoms with E-state index in [1.54, 1.807) is 5.38 Å². The van der Waals surface area contributed by atoms with E-state index in [4.69, 9.17) is 4.74 Å². The number of esters is 1. The number of hydrogen-bond donors (Lipinski definition) is 1. The number of hydrogen-bond acceptors (Lipinski definition) is 11. The largest absolute Gasteiger partial charge is 0.465 e. The molecule has 8 nitrogen and oxygen atoms in total. The standard InChI is InChI=1S/C18H15N5O3S4/c1-9-15(30-23-22-9)17-20-13(8-28-17)16(25)19-11-3-4-12-14(7-11)29-18(21-12)27-6-5-26-10(2)24/h3-4,7-8H,5-6H2,1-2H3,(H,19,25). The van der Waals surface area contributed by atoms with E-state index in [9.17, 15) is 9.59 Å². The third-order valence-electron chi connectivity index (χ3n) is 3.82. The van der Waals surface area contributed by atoms with Crippen LogP contribution >= 0.6 is 46.0 Å². The Labute approximate surface area is 187 Å². The first-order valence-electron chi connectivity index (χ1n) is 8.72. The van der Waals surface area contributed by atoms with Crippen LogP contribution in [0.3, 0.4) is 0 Å². The Kier molecular flexibility index (Phi) is 6.37. The van der Waals surface area contributed by atoms with Crippen molar-refractivity contribution in [3.63, 3.8) is 0 Å². The van der Waals surface area contributed by atoms with Crippen molar-refractivity contribution in [2.45, 2.75) is 18.2 Å². The summed E-state index contributed by atoms with van der Waals surface area (Å²) in [6.07, 6.45) is 0. The quantitative estimate of drug-likeness (QED) is 0.236. The fourth-order valence-corrected chi connectivity index (χ4v) is 6.04. The zero-order valence-corrected chi connectivity index (χ0v) is 19.1. The average molecular weight is 478 g/mol. The van der Waals surface area contributed by atoms with Crippen LogP contribution in [-0.2, 0) is 9.53 Å². The molecule has 3 aromatic heterocycles. The molecule has 0 aliphatic carbocycles. The summed E-state index contributed by atoms with van der Waals surface area (Å²) in [6, 6.07) is 5.58. The maximum Gasteiger partial charge on any atom is 0.302 e. The van der Waals surface area contributed by atoms with Crippen molar-refractivity contribution >= 4 is 73.7 Å². The van der Waals surface area contributed by atoms with Gasteiger partial charge in [-0.25, -0.2) is 9.97 Å². The van der Waals surface area contributed by atoms with E-state index in [0.717, 1.165) is 30.1 Å². The molecule has 4 rings (SSSR count). The first kappa shape index (κ1) is 20.8. The van der Waals surface area contributed by atoms with Gasteiger partial charge in [0.15, 0.2) is 4.34 Å². The fraction of sp³-hybridized carbons (Fsp3) is 0.222. The molecular weight excluding hydrogens is 462 g/mol. The number of rotatable bonds is 7. The van der Waals surface area contributed by atoms with E-state index in [1.807, 2.05) is 25.1 Å². The lowest BCUT2D eigenvalue weighted by molar-refractivity contribution is -0.140. The molecule has 0 saturated carbocycles. The van der Waals surface area contributed by atoms with Crippen LogP contribution in [0.15, 0.2) is 27.9 Å². The molecule has 4 aromatic rings. The topological polar surface area (TPSA) is 107 Å². The summed E-state index contributed by atoms with van der Waals surface area (Å²) in [5, 5.41) is 9.34. The molecule has 0 atom stereocenters. The van der Waals surface area contributed by atoms with Gasteiger partial charge in [0.2, 0.25) is 0 Å². The Hall–Kier alpha value is -2.41. The summed E-state index contributed by atoms with van der Waals surface area (Å²) in [5.41, 5.74) is 2.70. The highest BCUT2D eigenvalue weighted by Gasteiger charge is 2.16. The lowest BCUT2D eigenvalue weighted by atomic mass is 10.3. The van der Waals surface area contributed by atoms with Crippen molar-refractivity contribution in [2.24, 2.45) is 0 Å². The van der Waals surface area contributed by atoms with Crippen molar-refractivity contribution in [2.75, 3.05) is 17.7 Å². The van der Waals surface area contributed by atoms with Crippen molar-refractivity contribution < 1.29 is 14.3 Å². The van der Waals surface area contributed by atoms with E-state index in [1.165, 1.54) is 52.9 Å². The Morgan fingerprint density at radius 2 is 2.13 bits per heavy atom. The Bertz CT molecular complexity index is 1220. The van der Waals surface area contributed by atoms with E-state index in [2.05, 4.69) is 24.9 Å². The number of thioether (sulfide) groups is 1. The molecule has 0 aliphatic rings. The maximum absolute atomic E-state index is 12.6. The summed E-state index contributed by atoms with van der Waals surface area (Å²) < 4.78 is 10.7. The molecule has 0 radical (unpaired) electrons. The Morgan fingerprint density at radius 1 is 1.27 bits per heavy atom. The monoisotopic (exact) mass is 477 g/mol. The SMILES string of the molecule is CC(=O)OCCSc1nc2ccc(NC(=O)c3csc(-c4snnc4C)n3)cc2s1. The van der Waals surface area contributed by atoms with Crippen molar-refractivity contribution in [1.29, 1.82) is 0 Å². The number of anilines is 1. The highest BCUT2D eigenvalue weighted by Crippen LogP contribution is 2.32. The predicted octanol–water partition coefficient (Wildman–Crippen LogP) is 4.49. The number of nitrogens with zero attached hydrogens (tertiary/aromatic N) is 4. The Morgan fingerprint density at radius 3 is 2.90 bits per heavy atom. The molecule has 0 fully saturated rings. The van der Waals surface area contributed by atoms with Gasteiger partial charge in [0.05, 0.1) is 15.9 Å². The van der Waals surface area contributed by atoms with Gasteiger partial charge in [-0.3, -0.25) is 9.59 Å². The molecule has 154 valence electrons. The van der Waals surface area contributed by atoms with Crippen LogP contribution < -0.4 is 5.32 Å². The number of aryl methyl sites for hydroxylation is 1. The summed E-state index contributed by atoms with van der Waals surface area (Å²) in [4.78, 5) is 33.3. The number of carbonyl (C=O) groups excluding carboxylic acids is 2. The normalized spacial score (nSPS) is 11.0. The maximum atomic E-state index is 12.6. The summed E-state index contributed by atoms with van der Waals surface area (Å²) in [7, 11) is 0. The van der Waals surface area contributed by atoms with Crippen LogP contribution in [0, 0.1) is 6.92 Å². The second-order valence-corrected chi connectivity index (χ2v) is 10.0. The summed E-state index contributed by atoms with van der Waals surface area (Å²) in [6.45, 7) is 3.61. The summed E-state index contributed by atoms with van der Waals surface area (Å²) >= 11 is 5.72. The van der Waals surface area contributed by atoms with Gasteiger partial charge in [0.1, 0.15) is 22.2 Å². The number of carbonyl (C=O) groups is 2. The van der Waals surface area contributed by atoms with Gasteiger partial charge in [-0.1, -0.05) is 16.3 Å². The van der Waals surface area contributed by atoms with Crippen LogP contribution in [0.25, 0.3) is 20.1 Å². The number of thiazole rings is 2. The molecule has 1 aromatic carbocycles. The van der Waals surface area contributed by atoms with E-state index >= 15 is 0 Å². The van der Waals surface area contributed by atoms with Gasteiger partial charge < -0.3 is 10.1 Å². The number of aromatic nitrogens is 4. The summed E-state index contributed by atoms with van der Waals surface area (Å²) in [5.74, 6) is 0.0861. The molecule has 1 amide bonds. The zero-order chi connectivity index (χ0) is 21.1. The number of ether oxygens (including phenoxy) is 1. The van der Waals surface area contributed by atoms with Gasteiger partial charge >= 0.3 is 5.97 Å². The minimum absolute atomic E-state index is 0.271. The lowest BCUT2D eigenvalue weighted by Gasteiger charge is -2.02. The average Bonchev–Trinajstić information content (AvgIpc) is 3.43. The Balaban J connectivity index is 1.42. The fourth-order valence-electron chi connectivity index (χ4n) is 2.46. The van der Waals surface area contributed by atoms with Gasteiger partial charge in [0.25, 0.3) is 5.91 Å². The van der Waals surface area contributed by atoms with Gasteiger partial charge in [0, 0.05) is 23.7 Å². The number of nitrogens with one attached hydrogen (secondary N) is 1. The van der Waals surface area contributed by atoms with Gasteiger partial charge in [-0.15, -0.1) is 27.8 Å². The molecule has 0 aliphatic heterocycles. The number of benzene rings is 1. The molecule has 0 spiro atoms. The number of fused-ring (bicyclic) bond motifs is 1. The minimum Gasteiger partial charge on any atom is -0.465 e. The van der Waals surface area contributed by atoms with Crippen molar-refractivity contribution in [3.05, 3.63) is 35.0 Å². The molecule has 0 unspecified atom stereocenters. The van der Waals surface area contributed by atoms with Crippen LogP contribution in [0.1, 0.15) is 23.1 Å². The highest BCUT2D eigenvalue weighted by molar-refractivity contribution is 8.01. The van der Waals surface area contributed by atoms with Gasteiger partial charge in [-0.05, 0) is 36.7 Å². The molecule has 1 N–H and O–H groups in total. The van der Waals surface area contributed by atoms with Gasteiger partial charge in [-0.2, -0.15) is 0 Å². The van der Waals surface area contributed by atoms with Crippen LogP contribution in [0.4, 0.5) is 5.69 Å². The van der Waals surface area contributed by atoms with E-state index in [-0.39, 0.29) is 11.9 Å². The zero-order valence-electron chi connectivity index (χ0n) is 15.9. The van der Waals surface area contributed by atoms with E-state index in [0.29, 0.717) is 23.7 Å². The number of amides is 1. The van der Waals surface area contributed by atoms with Crippen LogP contribution in [-0.4, -0.2) is 43.8 Å². The molecular formula is C18H15N5O3S4. The van der Waals surface area contributed by atoms with E-state index < -0.39 is 0 Å².